The van der Waals surface area contributed by atoms with E-state index in [2.05, 4.69) is 55.4 Å². The lowest BCUT2D eigenvalue weighted by Crippen LogP contribution is -2.30. The fraction of sp³-hybridized carbons (Fsp3) is 0.943. The van der Waals surface area contributed by atoms with Crippen LogP contribution >= 0.6 is 15.6 Å². The lowest BCUT2D eigenvalue weighted by molar-refractivity contribution is -0.161. The Morgan fingerprint density at radius 1 is 0.315 bits per heavy atom. The first kappa shape index (κ1) is 87.1. The van der Waals surface area contributed by atoms with E-state index in [0.29, 0.717) is 31.6 Å². The van der Waals surface area contributed by atoms with E-state index < -0.39 is 97.5 Å². The number of carbonyl (C=O) groups is 4. The summed E-state index contributed by atoms with van der Waals surface area (Å²) in [6, 6.07) is 0. The summed E-state index contributed by atoms with van der Waals surface area (Å²) in [5, 5.41) is 10.6. The summed E-state index contributed by atoms with van der Waals surface area (Å²) < 4.78 is 68.3. The third-order valence-electron chi connectivity index (χ3n) is 16.8. The lowest BCUT2D eigenvalue weighted by Gasteiger charge is -2.21. The van der Waals surface area contributed by atoms with Crippen LogP contribution in [0.5, 0.6) is 0 Å². The van der Waals surface area contributed by atoms with Crippen LogP contribution in [0, 0.1) is 23.7 Å². The number of hydrogen-bond acceptors (Lipinski definition) is 15. The summed E-state index contributed by atoms with van der Waals surface area (Å²) in [7, 11) is -9.90. The van der Waals surface area contributed by atoms with E-state index in [1.54, 1.807) is 0 Å². The monoisotopic (exact) mass is 1310 g/mol. The molecule has 0 aliphatic heterocycles. The highest BCUT2D eigenvalue weighted by atomic mass is 31.2. The van der Waals surface area contributed by atoms with Gasteiger partial charge >= 0.3 is 39.5 Å². The Bertz CT molecular complexity index is 1770. The normalized spacial score (nSPS) is 14.9. The zero-order valence-electron chi connectivity index (χ0n) is 58.1. The molecule has 89 heavy (non-hydrogen) atoms. The van der Waals surface area contributed by atoms with E-state index in [-0.39, 0.29) is 25.7 Å². The molecule has 0 saturated carbocycles. The molecule has 17 nitrogen and oxygen atoms in total. The number of aliphatic hydroxyl groups excluding tert-OH is 1. The summed E-state index contributed by atoms with van der Waals surface area (Å²) in [5.74, 6) is 0.891. The van der Waals surface area contributed by atoms with Gasteiger partial charge < -0.3 is 33.8 Å². The molecule has 0 aromatic heterocycles. The van der Waals surface area contributed by atoms with Crippen LogP contribution in [0.4, 0.5) is 0 Å². The van der Waals surface area contributed by atoms with Crippen LogP contribution in [0.3, 0.4) is 0 Å². The Labute approximate surface area is 543 Å². The Morgan fingerprint density at radius 2 is 0.539 bits per heavy atom. The third kappa shape index (κ3) is 62.0. The van der Waals surface area contributed by atoms with Crippen LogP contribution in [0.15, 0.2) is 0 Å². The number of phosphoric acid groups is 2. The van der Waals surface area contributed by atoms with Crippen molar-refractivity contribution in [3.05, 3.63) is 0 Å². The van der Waals surface area contributed by atoms with Crippen LogP contribution in [0.25, 0.3) is 0 Å². The predicted octanol–water partition coefficient (Wildman–Crippen LogP) is 19.7. The molecule has 0 aromatic rings. The number of rotatable bonds is 67. The van der Waals surface area contributed by atoms with Gasteiger partial charge in [-0.05, 0) is 49.4 Å². The van der Waals surface area contributed by atoms with Crippen LogP contribution in [0.2, 0.25) is 0 Å². The van der Waals surface area contributed by atoms with Crippen LogP contribution in [-0.2, 0) is 65.4 Å². The van der Waals surface area contributed by atoms with Crippen molar-refractivity contribution in [3.8, 4) is 0 Å². The molecule has 0 radical (unpaired) electrons. The molecule has 0 aromatic carbocycles. The zero-order chi connectivity index (χ0) is 66.1. The first-order valence-corrected chi connectivity index (χ1v) is 39.3. The summed E-state index contributed by atoms with van der Waals surface area (Å²) in [4.78, 5) is 72.5. The largest absolute Gasteiger partial charge is 0.472 e. The Balaban J connectivity index is 5.26. The van der Waals surface area contributed by atoms with Gasteiger partial charge in [-0.1, -0.05) is 293 Å². The van der Waals surface area contributed by atoms with Crippen molar-refractivity contribution in [3.63, 3.8) is 0 Å². The van der Waals surface area contributed by atoms with Gasteiger partial charge in [-0.15, -0.1) is 0 Å². The van der Waals surface area contributed by atoms with E-state index in [4.69, 9.17) is 37.0 Å². The minimum Gasteiger partial charge on any atom is -0.462 e. The Hall–Kier alpha value is -1.94. The molecule has 0 bridgehead atoms. The molecular weight excluding hydrogens is 1170 g/mol. The van der Waals surface area contributed by atoms with Gasteiger partial charge in [0.25, 0.3) is 0 Å². The summed E-state index contributed by atoms with van der Waals surface area (Å²) in [6.07, 6.45) is 41.7. The molecule has 0 rings (SSSR count). The van der Waals surface area contributed by atoms with Gasteiger partial charge in [0.05, 0.1) is 26.4 Å². The van der Waals surface area contributed by atoms with Crippen molar-refractivity contribution in [1.82, 2.24) is 0 Å². The standard InChI is InChI=1S/C70H136O17P2/c1-9-62(7)48-40-32-23-17-14-15-19-26-36-44-52-69(74)86-65(56-80-67(72)50-42-34-25-18-13-11-12-16-22-30-38-46-60(3)4)58-84-88(76,77)82-54-64(71)55-83-89(78,79)85-59-66(57-81-68(73)51-43-35-29-28-31-39-47-61(5)6)87-70(75)53-45-37-27-21-20-24-33-41-49-63(8)10-2/h60-66,71H,9-59H2,1-8H3,(H,76,77)(H,78,79)/t62?,63?,64-,65-,66-/m1/s1. The van der Waals surface area contributed by atoms with Gasteiger partial charge in [0.2, 0.25) is 0 Å². The van der Waals surface area contributed by atoms with Crippen molar-refractivity contribution in [2.75, 3.05) is 39.6 Å². The quantitative estimate of drug-likeness (QED) is 0.0222. The SMILES string of the molecule is CCC(C)CCCCCCCCCCCCC(=O)O[C@H](COC(=O)CCCCCCCCCCCCCC(C)C)COP(=O)(O)OC[C@@H](O)COP(=O)(O)OC[C@@H](COC(=O)CCCCCCCCC(C)C)OC(=O)CCCCCCCCCCC(C)CC. The third-order valence-corrected chi connectivity index (χ3v) is 18.7. The lowest BCUT2D eigenvalue weighted by atomic mass is 9.99. The number of phosphoric ester groups is 2. The second kappa shape index (κ2) is 59.8. The van der Waals surface area contributed by atoms with Crippen LogP contribution in [-0.4, -0.2) is 96.7 Å². The van der Waals surface area contributed by atoms with Crippen molar-refractivity contribution in [2.45, 2.75) is 363 Å². The number of esters is 4. The van der Waals surface area contributed by atoms with E-state index in [9.17, 15) is 43.2 Å². The topological polar surface area (TPSA) is 237 Å². The molecule has 0 amide bonds. The van der Waals surface area contributed by atoms with Crippen LogP contribution in [0.1, 0.15) is 344 Å². The van der Waals surface area contributed by atoms with Crippen molar-refractivity contribution < 1.29 is 80.2 Å². The minimum atomic E-state index is -4.95. The average Bonchev–Trinajstić information content (AvgIpc) is 3.68. The molecule has 3 N–H and O–H groups in total. The number of aliphatic hydroxyl groups is 1. The highest BCUT2D eigenvalue weighted by Crippen LogP contribution is 2.45. The number of ether oxygens (including phenoxy) is 4. The number of unbranched alkanes of at least 4 members (excludes halogenated alkanes) is 31. The van der Waals surface area contributed by atoms with Gasteiger partial charge in [0.1, 0.15) is 19.3 Å². The Kier molecular flexibility index (Phi) is 58.5. The Morgan fingerprint density at radius 3 is 0.798 bits per heavy atom. The molecule has 0 aliphatic carbocycles. The molecule has 0 heterocycles. The van der Waals surface area contributed by atoms with Gasteiger partial charge in [-0.25, -0.2) is 9.13 Å². The fourth-order valence-corrected chi connectivity index (χ4v) is 12.0. The van der Waals surface area contributed by atoms with Gasteiger partial charge in [-0.2, -0.15) is 0 Å². The van der Waals surface area contributed by atoms with E-state index in [0.717, 1.165) is 114 Å². The molecule has 0 fully saturated rings. The molecule has 0 saturated heterocycles. The van der Waals surface area contributed by atoms with Crippen LogP contribution < -0.4 is 0 Å². The van der Waals surface area contributed by atoms with Gasteiger partial charge in [-0.3, -0.25) is 37.3 Å². The maximum absolute atomic E-state index is 13.0. The summed E-state index contributed by atoms with van der Waals surface area (Å²) >= 11 is 0. The van der Waals surface area contributed by atoms with E-state index in [1.807, 2.05) is 0 Å². The zero-order valence-corrected chi connectivity index (χ0v) is 59.8. The average molecular weight is 1310 g/mol. The number of hydrogen-bond donors (Lipinski definition) is 3. The van der Waals surface area contributed by atoms with Crippen molar-refractivity contribution in [2.24, 2.45) is 23.7 Å². The molecule has 528 valence electrons. The molecule has 0 spiro atoms. The van der Waals surface area contributed by atoms with E-state index >= 15 is 0 Å². The number of carbonyl (C=O) groups excluding carboxylic acids is 4. The highest BCUT2D eigenvalue weighted by molar-refractivity contribution is 7.47. The second-order valence-electron chi connectivity index (χ2n) is 26.7. The fourth-order valence-electron chi connectivity index (χ4n) is 10.4. The molecule has 0 aliphatic rings. The minimum absolute atomic E-state index is 0.103. The first-order chi connectivity index (χ1) is 42.7. The molecule has 7 atom stereocenters. The second-order valence-corrected chi connectivity index (χ2v) is 29.6. The van der Waals surface area contributed by atoms with Gasteiger partial charge in [0, 0.05) is 25.7 Å². The smallest absolute Gasteiger partial charge is 0.462 e. The van der Waals surface area contributed by atoms with E-state index in [1.165, 1.54) is 141 Å². The predicted molar refractivity (Wildman–Crippen MR) is 358 cm³/mol. The highest BCUT2D eigenvalue weighted by Gasteiger charge is 2.30. The van der Waals surface area contributed by atoms with Crippen molar-refractivity contribution in [1.29, 1.82) is 0 Å². The maximum Gasteiger partial charge on any atom is 0.472 e. The molecule has 19 heteroatoms. The summed E-state index contributed by atoms with van der Waals surface area (Å²) in [6.45, 7) is 14.1. The van der Waals surface area contributed by atoms with Gasteiger partial charge in [0.15, 0.2) is 12.2 Å². The molecule has 4 unspecified atom stereocenters. The molecular formula is C70H136O17P2. The first-order valence-electron chi connectivity index (χ1n) is 36.3. The summed E-state index contributed by atoms with van der Waals surface area (Å²) in [5.41, 5.74) is 0. The van der Waals surface area contributed by atoms with Crippen molar-refractivity contribution >= 4 is 39.5 Å². The maximum atomic E-state index is 13.0.